The van der Waals surface area contributed by atoms with Crippen LogP contribution in [0, 0.1) is 11.3 Å². The molecule has 174 valence electrons. The molecular weight excluding hydrogens is 475 g/mol. The summed E-state index contributed by atoms with van der Waals surface area (Å²) in [7, 11) is 1.47. The molecule has 0 spiro atoms. The van der Waals surface area contributed by atoms with E-state index in [1.165, 1.54) is 48.3 Å². The lowest BCUT2D eigenvalue weighted by molar-refractivity contribution is -0.143. The van der Waals surface area contributed by atoms with Gasteiger partial charge >= 0.3 is 6.18 Å². The van der Waals surface area contributed by atoms with Crippen molar-refractivity contribution >= 4 is 28.7 Å². The number of alkyl halides is 3. The number of hydrogen-bond donors (Lipinski definition) is 1. The number of carbonyl (C=O) groups is 1. The smallest absolute Gasteiger partial charge is 0.375 e. The number of halogens is 4. The molecule has 4 heterocycles. The first kappa shape index (κ1) is 23.2. The third-order valence-electron chi connectivity index (χ3n) is 5.02. The third-order valence-corrected chi connectivity index (χ3v) is 5.33. The summed E-state index contributed by atoms with van der Waals surface area (Å²) >= 11 is 6.17. The first-order chi connectivity index (χ1) is 16.2. The summed E-state index contributed by atoms with van der Waals surface area (Å²) in [6, 6.07) is 7.33. The number of nitriles is 1. The molecule has 0 unspecified atom stereocenters. The predicted molar refractivity (Wildman–Crippen MR) is 115 cm³/mol. The molecule has 4 rings (SSSR count). The Morgan fingerprint density at radius 3 is 2.68 bits per heavy atom. The fraction of sp³-hybridized carbons (Fsp3) is 0.190. The number of nitrogens with zero attached hydrogens (tertiary/aromatic N) is 6. The summed E-state index contributed by atoms with van der Waals surface area (Å²) in [4.78, 5) is 16.9. The summed E-state index contributed by atoms with van der Waals surface area (Å²) in [6.07, 6.45) is -1.92. The highest BCUT2D eigenvalue weighted by atomic mass is 35.5. The normalized spacial score (nSPS) is 12.5. The highest BCUT2D eigenvalue weighted by Crippen LogP contribution is 2.35. The number of rotatable bonds is 5. The number of ether oxygens (including phenoxy) is 1. The topological polar surface area (TPSA) is 110 Å². The largest absolute Gasteiger partial charge is 0.434 e. The van der Waals surface area contributed by atoms with Crippen molar-refractivity contribution < 1.29 is 22.7 Å². The Hall–Kier alpha value is -3.95. The summed E-state index contributed by atoms with van der Waals surface area (Å²) in [6.45, 7) is 1.72. The Bertz CT molecular complexity index is 1440. The fourth-order valence-electron chi connectivity index (χ4n) is 3.36. The van der Waals surface area contributed by atoms with Crippen LogP contribution in [0.5, 0.6) is 0 Å². The average molecular weight is 490 g/mol. The fourth-order valence-corrected chi connectivity index (χ4v) is 3.68. The molecule has 0 saturated heterocycles. The molecular formula is C21H15ClF3N7O2. The number of nitrogens with one attached hydrogen (secondary N) is 1. The Kier molecular flexibility index (Phi) is 5.99. The van der Waals surface area contributed by atoms with Crippen molar-refractivity contribution in [2.24, 2.45) is 0 Å². The summed E-state index contributed by atoms with van der Waals surface area (Å²) < 4.78 is 49.2. The van der Waals surface area contributed by atoms with E-state index >= 15 is 0 Å². The number of hydrogen-bond acceptors (Lipinski definition) is 6. The zero-order valence-electron chi connectivity index (χ0n) is 17.6. The number of aromatic nitrogens is 5. The van der Waals surface area contributed by atoms with Gasteiger partial charge in [-0.1, -0.05) is 11.6 Å². The van der Waals surface area contributed by atoms with Gasteiger partial charge in [0, 0.05) is 7.11 Å². The number of anilines is 1. The molecule has 0 saturated carbocycles. The molecule has 0 fully saturated rings. The van der Waals surface area contributed by atoms with Gasteiger partial charge in [-0.3, -0.25) is 9.78 Å². The Labute approximate surface area is 195 Å². The minimum Gasteiger partial charge on any atom is -0.375 e. The van der Waals surface area contributed by atoms with Gasteiger partial charge in [0.25, 0.3) is 5.91 Å². The van der Waals surface area contributed by atoms with Crippen LogP contribution in [0.2, 0.25) is 5.02 Å². The van der Waals surface area contributed by atoms with Crippen molar-refractivity contribution in [3.05, 3.63) is 70.5 Å². The molecule has 0 aliphatic heterocycles. The first-order valence-corrected chi connectivity index (χ1v) is 10.1. The van der Waals surface area contributed by atoms with Crippen molar-refractivity contribution in [2.45, 2.75) is 19.2 Å². The van der Waals surface area contributed by atoms with Crippen molar-refractivity contribution in [1.29, 1.82) is 5.26 Å². The summed E-state index contributed by atoms with van der Waals surface area (Å²) in [5, 5.41) is 19.5. The molecule has 1 atom stereocenters. The maximum Gasteiger partial charge on any atom is 0.434 e. The zero-order chi connectivity index (χ0) is 24.6. The Morgan fingerprint density at radius 1 is 1.26 bits per heavy atom. The molecule has 0 aliphatic rings. The summed E-state index contributed by atoms with van der Waals surface area (Å²) in [5.74, 6) is -1.05. The van der Waals surface area contributed by atoms with Gasteiger partial charge in [-0.15, -0.1) is 0 Å². The van der Waals surface area contributed by atoms with Crippen LogP contribution in [0.1, 0.15) is 40.5 Å². The number of carbonyl (C=O) groups excluding carboxylic acids is 1. The zero-order valence-corrected chi connectivity index (χ0v) is 18.4. The Morgan fingerprint density at radius 2 is 2.03 bits per heavy atom. The van der Waals surface area contributed by atoms with Crippen LogP contribution < -0.4 is 5.32 Å². The molecule has 4 aromatic heterocycles. The van der Waals surface area contributed by atoms with Crippen LogP contribution in [0.4, 0.5) is 18.9 Å². The van der Waals surface area contributed by atoms with Crippen LogP contribution in [0.15, 0.2) is 42.9 Å². The number of fused-ring (bicyclic) bond motifs is 1. The van der Waals surface area contributed by atoms with E-state index in [0.29, 0.717) is 10.4 Å². The van der Waals surface area contributed by atoms with Crippen molar-refractivity contribution in [1.82, 2.24) is 24.4 Å². The second-order valence-electron chi connectivity index (χ2n) is 7.08. The molecule has 1 N–H and O–H groups in total. The molecule has 0 bridgehead atoms. The molecule has 34 heavy (non-hydrogen) atoms. The van der Waals surface area contributed by atoms with Gasteiger partial charge in [-0.05, 0) is 31.2 Å². The molecule has 0 aromatic carbocycles. The number of methoxy groups -OCH3 is 1. The summed E-state index contributed by atoms with van der Waals surface area (Å²) in [5.41, 5.74) is -1.17. The second kappa shape index (κ2) is 8.77. The van der Waals surface area contributed by atoms with Crippen LogP contribution >= 0.6 is 11.6 Å². The Balaban J connectivity index is 1.75. The SMILES string of the molecule is CO[C@H](C)c1ncc(NC(=O)c2cnn(-c3ccc(C#N)n4nccc34)c2C(F)(F)F)cc1Cl. The molecule has 0 aliphatic carbocycles. The highest BCUT2D eigenvalue weighted by Gasteiger charge is 2.41. The number of pyridine rings is 2. The molecule has 4 aromatic rings. The van der Waals surface area contributed by atoms with Crippen LogP contribution in [-0.2, 0) is 10.9 Å². The highest BCUT2D eigenvalue weighted by molar-refractivity contribution is 6.31. The molecule has 0 radical (unpaired) electrons. The lowest BCUT2D eigenvalue weighted by Crippen LogP contribution is -2.21. The van der Waals surface area contributed by atoms with Gasteiger partial charge < -0.3 is 10.1 Å². The van der Waals surface area contributed by atoms with Crippen molar-refractivity contribution in [2.75, 3.05) is 12.4 Å². The van der Waals surface area contributed by atoms with Crippen LogP contribution in [0.25, 0.3) is 11.2 Å². The van der Waals surface area contributed by atoms with E-state index in [2.05, 4.69) is 20.5 Å². The lowest BCUT2D eigenvalue weighted by atomic mass is 10.2. The predicted octanol–water partition coefficient (Wildman–Crippen LogP) is 4.42. The van der Waals surface area contributed by atoms with Crippen LogP contribution in [0.3, 0.4) is 0 Å². The van der Waals surface area contributed by atoms with E-state index < -0.39 is 29.4 Å². The van der Waals surface area contributed by atoms with Gasteiger partial charge in [0.2, 0.25) is 0 Å². The van der Waals surface area contributed by atoms with E-state index in [1.54, 1.807) is 6.92 Å². The number of amides is 1. The van der Waals surface area contributed by atoms with Crippen molar-refractivity contribution in [3.63, 3.8) is 0 Å². The van der Waals surface area contributed by atoms with Gasteiger partial charge in [-0.25, -0.2) is 9.20 Å². The minimum absolute atomic E-state index is 0.00880. The van der Waals surface area contributed by atoms with Gasteiger partial charge in [0.1, 0.15) is 11.8 Å². The third kappa shape index (κ3) is 4.07. The quantitative estimate of drug-likeness (QED) is 0.444. The first-order valence-electron chi connectivity index (χ1n) is 9.67. The minimum atomic E-state index is -4.93. The van der Waals surface area contributed by atoms with Gasteiger partial charge in [0.15, 0.2) is 5.69 Å². The van der Waals surface area contributed by atoms with Gasteiger partial charge in [0.05, 0.1) is 57.9 Å². The molecule has 1 amide bonds. The van der Waals surface area contributed by atoms with E-state index in [9.17, 15) is 23.2 Å². The maximum atomic E-state index is 14.1. The van der Waals surface area contributed by atoms with Crippen LogP contribution in [-0.4, -0.2) is 37.4 Å². The standard InChI is InChI=1S/C21H15ClF3N7O2/c1-11(34-2)18-15(22)7-12(9-27-18)30-20(33)14-10-29-32(19(14)21(23,24)25)16-4-3-13(8-26)31-17(16)5-6-28-31/h3-7,9-11H,1-2H3,(H,30,33)/t11-/m1/s1. The van der Waals surface area contributed by atoms with E-state index in [0.717, 1.165) is 6.20 Å². The van der Waals surface area contributed by atoms with E-state index in [1.807, 2.05) is 6.07 Å². The van der Waals surface area contributed by atoms with E-state index in [-0.39, 0.29) is 27.6 Å². The van der Waals surface area contributed by atoms with Crippen molar-refractivity contribution in [3.8, 4) is 11.8 Å². The lowest BCUT2D eigenvalue weighted by Gasteiger charge is -2.14. The second-order valence-corrected chi connectivity index (χ2v) is 7.49. The van der Waals surface area contributed by atoms with E-state index in [4.69, 9.17) is 16.3 Å². The average Bonchev–Trinajstić information content (AvgIpc) is 3.45. The molecule has 9 nitrogen and oxygen atoms in total. The van der Waals surface area contributed by atoms with Gasteiger partial charge in [-0.2, -0.15) is 28.6 Å². The molecule has 13 heteroatoms. The maximum absolute atomic E-state index is 14.1. The monoisotopic (exact) mass is 489 g/mol.